The summed E-state index contributed by atoms with van der Waals surface area (Å²) < 4.78 is 4.94. The summed E-state index contributed by atoms with van der Waals surface area (Å²) in [6.07, 6.45) is 4.13. The minimum atomic E-state index is -1.29. The Bertz CT molecular complexity index is 1230. The van der Waals surface area contributed by atoms with Gasteiger partial charge in [0.1, 0.15) is 25.9 Å². The van der Waals surface area contributed by atoms with Crippen molar-refractivity contribution < 1.29 is 48.2 Å². The predicted molar refractivity (Wildman–Crippen MR) is 152 cm³/mol. The van der Waals surface area contributed by atoms with E-state index in [1.54, 1.807) is 30.3 Å². The Labute approximate surface area is 252 Å². The molecule has 0 saturated carbocycles. The largest absolute Gasteiger partial charge is 0.480 e. The number of carboxylic acids is 1. The lowest BCUT2D eigenvalue weighted by molar-refractivity contribution is -0.150. The van der Waals surface area contributed by atoms with Gasteiger partial charge in [0.25, 0.3) is 11.8 Å². The second-order valence-corrected chi connectivity index (χ2v) is 9.71. The third kappa shape index (κ3) is 13.2. The third-order valence-electron chi connectivity index (χ3n) is 6.13. The number of hydrogen-bond acceptors (Lipinski definition) is 9. The number of carboxylic acid groups (broad SMARTS) is 1. The molecule has 1 aromatic rings. The number of imide groups is 1. The van der Waals surface area contributed by atoms with Crippen molar-refractivity contribution in [2.24, 2.45) is 5.73 Å². The summed E-state index contributed by atoms with van der Waals surface area (Å²) in [6, 6.07) is 7.41. The van der Waals surface area contributed by atoms with Crippen LogP contribution in [0.5, 0.6) is 0 Å². The number of hydrogen-bond donors (Lipinski definition) is 5. The first-order chi connectivity index (χ1) is 21.0. The Morgan fingerprint density at radius 3 is 2.16 bits per heavy atom. The Morgan fingerprint density at radius 1 is 0.886 bits per heavy atom. The van der Waals surface area contributed by atoms with Gasteiger partial charge < -0.3 is 36.4 Å². The van der Waals surface area contributed by atoms with Crippen LogP contribution in [0.2, 0.25) is 0 Å². The molecule has 1 atom stereocenters. The average Bonchev–Trinajstić information content (AvgIpc) is 3.30. The number of carbonyl (C=O) groups excluding carboxylic acids is 7. The van der Waals surface area contributed by atoms with Gasteiger partial charge in [-0.3, -0.25) is 38.5 Å². The van der Waals surface area contributed by atoms with E-state index in [9.17, 15) is 38.4 Å². The van der Waals surface area contributed by atoms with Crippen molar-refractivity contribution >= 4 is 47.3 Å². The highest BCUT2D eigenvalue weighted by Crippen LogP contribution is 2.08. The van der Waals surface area contributed by atoms with Gasteiger partial charge in [0.05, 0.1) is 13.1 Å². The zero-order valence-corrected chi connectivity index (χ0v) is 24.0. The van der Waals surface area contributed by atoms with Crippen LogP contribution in [-0.2, 0) is 49.5 Å². The van der Waals surface area contributed by atoms with E-state index in [4.69, 9.17) is 15.6 Å². The maximum Gasteiger partial charge on any atom is 0.329 e. The third-order valence-corrected chi connectivity index (χ3v) is 6.13. The number of nitrogens with one attached hydrogen (secondary N) is 3. The Kier molecular flexibility index (Phi) is 14.7. The van der Waals surface area contributed by atoms with Gasteiger partial charge in [-0.15, -0.1) is 0 Å². The molecular formula is C28H36N6O10. The molecule has 0 fully saturated rings. The summed E-state index contributed by atoms with van der Waals surface area (Å²) in [5.74, 6) is -5.46. The maximum absolute atomic E-state index is 13.2. The minimum Gasteiger partial charge on any atom is -0.480 e. The highest BCUT2D eigenvalue weighted by molar-refractivity contribution is 6.12. The molecule has 1 aliphatic heterocycles. The van der Waals surface area contributed by atoms with Gasteiger partial charge in [0.2, 0.25) is 29.5 Å². The van der Waals surface area contributed by atoms with Crippen molar-refractivity contribution in [1.82, 2.24) is 25.8 Å². The van der Waals surface area contributed by atoms with Gasteiger partial charge in [-0.25, -0.2) is 4.79 Å². The zero-order chi connectivity index (χ0) is 32.5. The smallest absolute Gasteiger partial charge is 0.329 e. The van der Waals surface area contributed by atoms with Crippen LogP contribution in [0, 0.1) is 0 Å². The van der Waals surface area contributed by atoms with Crippen LogP contribution >= 0.6 is 0 Å². The fraction of sp³-hybridized carbons (Fsp3) is 0.429. The van der Waals surface area contributed by atoms with E-state index >= 15 is 0 Å². The van der Waals surface area contributed by atoms with Crippen LogP contribution in [0.15, 0.2) is 42.5 Å². The molecule has 2 rings (SSSR count). The Balaban J connectivity index is 1.80. The lowest BCUT2D eigenvalue weighted by atomic mass is 10.0. The number of amides is 7. The number of primary amides is 1. The van der Waals surface area contributed by atoms with Crippen LogP contribution in [0.4, 0.5) is 0 Å². The SMILES string of the molecule is NC(=O)CN(COCC(=O)O)C(=O)[C@@H](Cc1ccccc1)NC(=O)CNC(=O)CNC(=O)CCCCCN1C(=O)C=CC1=O. The van der Waals surface area contributed by atoms with E-state index in [2.05, 4.69) is 16.0 Å². The van der Waals surface area contributed by atoms with Gasteiger partial charge >= 0.3 is 5.97 Å². The second kappa shape index (κ2) is 18.4. The first-order valence-corrected chi connectivity index (χ1v) is 13.7. The highest BCUT2D eigenvalue weighted by atomic mass is 16.5. The van der Waals surface area contributed by atoms with E-state index in [-0.39, 0.29) is 31.2 Å². The van der Waals surface area contributed by atoms with Crippen molar-refractivity contribution in [3.63, 3.8) is 0 Å². The molecule has 0 saturated heterocycles. The molecule has 0 aliphatic carbocycles. The van der Waals surface area contributed by atoms with E-state index in [1.807, 2.05) is 0 Å². The van der Waals surface area contributed by atoms with Gasteiger partial charge in [-0.05, 0) is 18.4 Å². The molecule has 0 radical (unpaired) electrons. The van der Waals surface area contributed by atoms with Crippen LogP contribution in [0.1, 0.15) is 31.2 Å². The van der Waals surface area contributed by atoms with Crippen molar-refractivity contribution in [1.29, 1.82) is 0 Å². The molecule has 238 valence electrons. The summed E-state index contributed by atoms with van der Waals surface area (Å²) in [5.41, 5.74) is 5.89. The summed E-state index contributed by atoms with van der Waals surface area (Å²) in [4.78, 5) is 97.4. The fourth-order valence-electron chi connectivity index (χ4n) is 4.03. The standard InChI is InChI=1S/C28H36N6O10/c29-21(35)16-33(18-44-17-27(41)42)28(43)20(13-19-7-3-1-4-8-19)32-24(38)15-31-23(37)14-30-22(36)9-5-2-6-12-34-25(39)10-11-26(34)40/h1,3-4,7-8,10-11,20H,2,5-6,9,12-18H2,(H2,29,35)(H,30,36)(H,31,37)(H,32,38)(H,41,42)/t20-/m1/s1. The van der Waals surface area contributed by atoms with Crippen LogP contribution in [0.3, 0.4) is 0 Å². The number of nitrogens with zero attached hydrogens (tertiary/aromatic N) is 2. The molecule has 0 aromatic heterocycles. The van der Waals surface area contributed by atoms with E-state index < -0.39 is 74.5 Å². The highest BCUT2D eigenvalue weighted by Gasteiger charge is 2.28. The number of unbranched alkanes of at least 4 members (excludes halogenated alkanes) is 2. The van der Waals surface area contributed by atoms with Crippen molar-refractivity contribution in [3.8, 4) is 0 Å². The molecule has 0 unspecified atom stereocenters. The summed E-state index contributed by atoms with van der Waals surface area (Å²) in [5, 5.41) is 16.1. The maximum atomic E-state index is 13.2. The topological polar surface area (TPSA) is 235 Å². The molecule has 6 N–H and O–H groups in total. The number of benzene rings is 1. The molecule has 0 bridgehead atoms. The zero-order valence-electron chi connectivity index (χ0n) is 24.0. The van der Waals surface area contributed by atoms with Crippen molar-refractivity contribution in [2.45, 2.75) is 38.1 Å². The van der Waals surface area contributed by atoms with Crippen molar-refractivity contribution in [3.05, 3.63) is 48.0 Å². The normalized spacial score (nSPS) is 12.9. The molecule has 7 amide bonds. The Morgan fingerprint density at radius 2 is 1.52 bits per heavy atom. The number of rotatable bonds is 20. The van der Waals surface area contributed by atoms with Gasteiger partial charge in [-0.1, -0.05) is 36.8 Å². The molecular weight excluding hydrogens is 580 g/mol. The first-order valence-electron chi connectivity index (χ1n) is 13.7. The molecule has 1 heterocycles. The molecule has 16 heteroatoms. The molecule has 0 spiro atoms. The Hall–Kier alpha value is -5.12. The van der Waals surface area contributed by atoms with E-state index in [0.29, 0.717) is 24.8 Å². The summed E-state index contributed by atoms with van der Waals surface area (Å²) in [6.45, 7) is -2.56. The lowest BCUT2D eigenvalue weighted by Crippen LogP contribution is -2.54. The van der Waals surface area contributed by atoms with Gasteiger partial charge in [-0.2, -0.15) is 0 Å². The quantitative estimate of drug-likeness (QED) is 0.0602. The van der Waals surface area contributed by atoms with Crippen molar-refractivity contribution in [2.75, 3.05) is 39.5 Å². The number of aliphatic carboxylic acids is 1. The monoisotopic (exact) mass is 616 g/mol. The van der Waals surface area contributed by atoms with Gasteiger partial charge in [0, 0.05) is 31.5 Å². The minimum absolute atomic E-state index is 0.00510. The average molecular weight is 617 g/mol. The predicted octanol–water partition coefficient (Wildman–Crippen LogP) is -2.20. The van der Waals surface area contributed by atoms with E-state index in [1.165, 1.54) is 12.2 Å². The number of nitrogens with two attached hydrogens (primary N) is 1. The van der Waals surface area contributed by atoms with Crippen LogP contribution in [0.25, 0.3) is 0 Å². The summed E-state index contributed by atoms with van der Waals surface area (Å²) in [7, 11) is 0. The van der Waals surface area contributed by atoms with Gasteiger partial charge in [0.15, 0.2) is 0 Å². The first kappa shape index (κ1) is 35.1. The van der Waals surface area contributed by atoms with Crippen LogP contribution < -0.4 is 21.7 Å². The summed E-state index contributed by atoms with van der Waals surface area (Å²) >= 11 is 0. The lowest BCUT2D eigenvalue weighted by Gasteiger charge is -2.27. The number of ether oxygens (including phenoxy) is 1. The number of carbonyl (C=O) groups is 8. The fourth-order valence-corrected chi connectivity index (χ4v) is 4.03. The molecule has 44 heavy (non-hydrogen) atoms. The molecule has 16 nitrogen and oxygen atoms in total. The van der Waals surface area contributed by atoms with E-state index in [0.717, 1.165) is 9.80 Å². The second-order valence-electron chi connectivity index (χ2n) is 9.71. The van der Waals surface area contributed by atoms with Crippen LogP contribution in [-0.4, -0.2) is 108 Å². The molecule has 1 aliphatic rings. The molecule has 1 aromatic carbocycles.